The van der Waals surface area contributed by atoms with E-state index in [2.05, 4.69) is 4.72 Å². The summed E-state index contributed by atoms with van der Waals surface area (Å²) in [5, 5.41) is 0. The molecule has 2 rings (SSSR count). The number of ether oxygens (including phenoxy) is 1. The molecule has 0 spiro atoms. The summed E-state index contributed by atoms with van der Waals surface area (Å²) < 4.78 is 32.2. The molecule has 0 radical (unpaired) electrons. The van der Waals surface area contributed by atoms with Gasteiger partial charge in [-0.3, -0.25) is 4.79 Å². The second-order valence-corrected chi connectivity index (χ2v) is 7.88. The number of nitrogens with one attached hydrogen (secondary N) is 1. The fourth-order valence-corrected chi connectivity index (χ4v) is 3.86. The van der Waals surface area contributed by atoms with Gasteiger partial charge in [-0.2, -0.15) is 4.72 Å². The van der Waals surface area contributed by atoms with Gasteiger partial charge in [-0.05, 0) is 32.9 Å². The lowest BCUT2D eigenvalue weighted by molar-refractivity contribution is -0.134. The Labute approximate surface area is 154 Å². The topological polar surface area (TPSA) is 96.0 Å². The highest BCUT2D eigenvalue weighted by Gasteiger charge is 2.29. The lowest BCUT2D eigenvalue weighted by atomic mass is 10.2. The molecule has 0 aliphatic carbocycles. The van der Waals surface area contributed by atoms with Gasteiger partial charge in [-0.1, -0.05) is 17.7 Å². The van der Waals surface area contributed by atoms with Gasteiger partial charge >= 0.3 is 6.09 Å². The standard InChI is InChI=1S/C17H25N3O5S/c1-4-25-17(22)20-11-9-19(10-12-20)16(21)14(3)18-26(23,24)15-7-5-13(2)6-8-15/h5-8,14,18H,4,9-12H2,1-3H3/t14-/m0/s1. The third kappa shape index (κ3) is 4.95. The van der Waals surface area contributed by atoms with Crippen LogP contribution in [0.25, 0.3) is 0 Å². The van der Waals surface area contributed by atoms with Crippen LogP contribution in [0.5, 0.6) is 0 Å². The molecule has 9 heteroatoms. The first-order chi connectivity index (χ1) is 12.2. The Morgan fingerprint density at radius 3 is 2.19 bits per heavy atom. The van der Waals surface area contributed by atoms with E-state index in [1.54, 1.807) is 24.0 Å². The first-order valence-electron chi connectivity index (χ1n) is 8.54. The van der Waals surface area contributed by atoms with Gasteiger partial charge in [0.05, 0.1) is 17.5 Å². The molecule has 1 heterocycles. The third-order valence-electron chi connectivity index (χ3n) is 4.15. The first kappa shape index (κ1) is 20.2. The summed E-state index contributed by atoms with van der Waals surface area (Å²) in [6.45, 7) is 6.83. The van der Waals surface area contributed by atoms with Gasteiger partial charge in [0.1, 0.15) is 0 Å². The maximum atomic E-state index is 12.5. The van der Waals surface area contributed by atoms with Crippen LogP contribution in [0.4, 0.5) is 4.79 Å². The molecule has 0 aromatic heterocycles. The molecule has 1 aliphatic rings. The van der Waals surface area contributed by atoms with Crippen molar-refractivity contribution < 1.29 is 22.7 Å². The Morgan fingerprint density at radius 2 is 1.65 bits per heavy atom. The van der Waals surface area contributed by atoms with Crippen LogP contribution >= 0.6 is 0 Å². The monoisotopic (exact) mass is 383 g/mol. The van der Waals surface area contributed by atoms with E-state index < -0.39 is 22.2 Å². The van der Waals surface area contributed by atoms with Crippen LogP contribution in [-0.2, 0) is 19.6 Å². The van der Waals surface area contributed by atoms with Crippen molar-refractivity contribution in [1.82, 2.24) is 14.5 Å². The minimum atomic E-state index is -3.77. The predicted molar refractivity (Wildman–Crippen MR) is 96.1 cm³/mol. The van der Waals surface area contributed by atoms with Gasteiger partial charge in [-0.15, -0.1) is 0 Å². The van der Waals surface area contributed by atoms with Gasteiger partial charge in [0.15, 0.2) is 0 Å². The van der Waals surface area contributed by atoms with E-state index in [1.165, 1.54) is 24.0 Å². The fourth-order valence-electron chi connectivity index (χ4n) is 2.67. The highest BCUT2D eigenvalue weighted by Crippen LogP contribution is 2.12. The Kier molecular flexibility index (Phi) is 6.60. The number of aryl methyl sites for hydroxylation is 1. The maximum absolute atomic E-state index is 12.5. The van der Waals surface area contributed by atoms with Crippen LogP contribution in [0.1, 0.15) is 19.4 Å². The summed E-state index contributed by atoms with van der Waals surface area (Å²) in [6, 6.07) is 5.53. The summed E-state index contributed by atoms with van der Waals surface area (Å²) in [7, 11) is -3.77. The van der Waals surface area contributed by atoms with Gasteiger partial charge in [0.2, 0.25) is 15.9 Å². The molecule has 0 unspecified atom stereocenters. The fraction of sp³-hybridized carbons (Fsp3) is 0.529. The number of rotatable bonds is 5. The molecule has 1 fully saturated rings. The van der Waals surface area contributed by atoms with E-state index in [0.29, 0.717) is 32.8 Å². The smallest absolute Gasteiger partial charge is 0.409 e. The summed E-state index contributed by atoms with van der Waals surface area (Å²) in [4.78, 5) is 27.4. The lowest BCUT2D eigenvalue weighted by Gasteiger charge is -2.35. The molecular formula is C17H25N3O5S. The van der Waals surface area contributed by atoms with Crippen molar-refractivity contribution in [2.45, 2.75) is 31.7 Å². The number of carbonyl (C=O) groups is 2. The molecule has 8 nitrogen and oxygen atoms in total. The number of nitrogens with zero attached hydrogens (tertiary/aromatic N) is 2. The number of carbonyl (C=O) groups excluding carboxylic acids is 2. The van der Waals surface area contributed by atoms with E-state index in [1.807, 2.05) is 6.92 Å². The zero-order chi connectivity index (χ0) is 19.3. The quantitative estimate of drug-likeness (QED) is 0.817. The minimum Gasteiger partial charge on any atom is -0.450 e. The first-order valence-corrected chi connectivity index (χ1v) is 10.0. The molecule has 1 N–H and O–H groups in total. The highest BCUT2D eigenvalue weighted by atomic mass is 32.2. The van der Waals surface area contributed by atoms with Crippen LogP contribution in [0.3, 0.4) is 0 Å². The second kappa shape index (κ2) is 8.50. The van der Waals surface area contributed by atoms with Gasteiger partial charge in [-0.25, -0.2) is 13.2 Å². The van der Waals surface area contributed by atoms with E-state index in [-0.39, 0.29) is 10.8 Å². The third-order valence-corrected chi connectivity index (χ3v) is 5.71. The van der Waals surface area contributed by atoms with Crippen molar-refractivity contribution >= 4 is 22.0 Å². The summed E-state index contributed by atoms with van der Waals surface area (Å²) in [5.41, 5.74) is 0.951. The molecule has 0 saturated carbocycles. The van der Waals surface area contributed by atoms with Crippen molar-refractivity contribution in [2.75, 3.05) is 32.8 Å². The van der Waals surface area contributed by atoms with E-state index in [4.69, 9.17) is 4.74 Å². The largest absolute Gasteiger partial charge is 0.450 e. The summed E-state index contributed by atoms with van der Waals surface area (Å²) in [6.07, 6.45) is -0.396. The average molecular weight is 383 g/mol. The van der Waals surface area contributed by atoms with Crippen LogP contribution < -0.4 is 4.72 Å². The second-order valence-electron chi connectivity index (χ2n) is 6.17. The normalized spacial score (nSPS) is 16.3. The van der Waals surface area contributed by atoms with Gasteiger partial charge < -0.3 is 14.5 Å². The molecule has 1 saturated heterocycles. The number of hydrogen-bond acceptors (Lipinski definition) is 5. The molecule has 1 aromatic carbocycles. The Hall–Kier alpha value is -2.13. The van der Waals surface area contributed by atoms with Crippen molar-refractivity contribution in [1.29, 1.82) is 0 Å². The summed E-state index contributed by atoms with van der Waals surface area (Å²) in [5.74, 6) is -0.316. The molecule has 26 heavy (non-hydrogen) atoms. The minimum absolute atomic E-state index is 0.120. The van der Waals surface area contributed by atoms with Gasteiger partial charge in [0.25, 0.3) is 0 Å². The Bertz CT molecular complexity index is 740. The maximum Gasteiger partial charge on any atom is 0.409 e. The molecular weight excluding hydrogens is 358 g/mol. The van der Waals surface area contributed by atoms with Crippen LogP contribution in [0, 0.1) is 6.92 Å². The number of piperazine rings is 1. The zero-order valence-corrected chi connectivity index (χ0v) is 16.1. The summed E-state index contributed by atoms with van der Waals surface area (Å²) >= 11 is 0. The molecule has 0 bridgehead atoms. The van der Waals surface area contributed by atoms with Crippen molar-refractivity contribution in [3.05, 3.63) is 29.8 Å². The molecule has 144 valence electrons. The van der Waals surface area contributed by atoms with E-state index in [0.717, 1.165) is 5.56 Å². The Balaban J connectivity index is 1.93. The molecule has 1 aliphatic heterocycles. The lowest BCUT2D eigenvalue weighted by Crippen LogP contribution is -2.55. The number of benzene rings is 1. The predicted octanol–water partition coefficient (Wildman–Crippen LogP) is 0.963. The number of amides is 2. The molecule has 1 atom stereocenters. The average Bonchev–Trinajstić information content (AvgIpc) is 2.61. The van der Waals surface area contributed by atoms with Crippen molar-refractivity contribution in [3.63, 3.8) is 0 Å². The van der Waals surface area contributed by atoms with Crippen LogP contribution in [0.15, 0.2) is 29.2 Å². The SMILES string of the molecule is CCOC(=O)N1CCN(C(=O)[C@H](C)NS(=O)(=O)c2ccc(C)cc2)CC1. The Morgan fingerprint density at radius 1 is 1.12 bits per heavy atom. The zero-order valence-electron chi connectivity index (χ0n) is 15.3. The highest BCUT2D eigenvalue weighted by molar-refractivity contribution is 7.89. The van der Waals surface area contributed by atoms with E-state index in [9.17, 15) is 18.0 Å². The van der Waals surface area contributed by atoms with Crippen LogP contribution in [0.2, 0.25) is 0 Å². The molecule has 2 amide bonds. The van der Waals surface area contributed by atoms with E-state index >= 15 is 0 Å². The number of sulfonamides is 1. The van der Waals surface area contributed by atoms with Crippen molar-refractivity contribution in [2.24, 2.45) is 0 Å². The number of hydrogen-bond donors (Lipinski definition) is 1. The molecule has 1 aromatic rings. The van der Waals surface area contributed by atoms with Crippen molar-refractivity contribution in [3.8, 4) is 0 Å². The van der Waals surface area contributed by atoms with Crippen LogP contribution in [-0.4, -0.2) is 69.0 Å². The van der Waals surface area contributed by atoms with Gasteiger partial charge in [0, 0.05) is 26.2 Å².